The first-order valence-corrected chi connectivity index (χ1v) is 10.8. The summed E-state index contributed by atoms with van der Waals surface area (Å²) in [4.78, 5) is 41.6. The van der Waals surface area contributed by atoms with Gasteiger partial charge in [0.15, 0.2) is 0 Å². The number of halogens is 4. The van der Waals surface area contributed by atoms with Gasteiger partial charge < -0.3 is 10.6 Å². The fourth-order valence-electron chi connectivity index (χ4n) is 3.54. The summed E-state index contributed by atoms with van der Waals surface area (Å²) in [5, 5.41) is 5.41. The Morgan fingerprint density at radius 3 is 2.63 bits per heavy atom. The van der Waals surface area contributed by atoms with E-state index in [9.17, 15) is 27.6 Å². The van der Waals surface area contributed by atoms with Gasteiger partial charge in [0, 0.05) is 18.5 Å². The van der Waals surface area contributed by atoms with Crippen LogP contribution in [0.1, 0.15) is 37.7 Å². The first kappa shape index (κ1) is 22.7. The average Bonchev–Trinajstić information content (AvgIpc) is 2.90. The molecule has 1 aromatic heterocycles. The number of imide groups is 1. The zero-order valence-electron chi connectivity index (χ0n) is 15.9. The number of rotatable bonds is 6. The molecule has 1 spiro atoms. The summed E-state index contributed by atoms with van der Waals surface area (Å²) in [6, 6.07) is 0.237. The molecule has 7 nitrogen and oxygen atoms in total. The molecule has 164 valence electrons. The molecule has 0 bridgehead atoms. The van der Waals surface area contributed by atoms with E-state index in [0.29, 0.717) is 24.8 Å². The van der Waals surface area contributed by atoms with E-state index in [1.165, 1.54) is 0 Å². The molecule has 1 aliphatic carbocycles. The Hall–Kier alpha value is -2.01. The molecule has 0 unspecified atom stereocenters. The van der Waals surface area contributed by atoms with E-state index in [-0.39, 0.29) is 29.0 Å². The largest absolute Gasteiger partial charge is 0.417 e. The molecule has 2 aliphatic rings. The van der Waals surface area contributed by atoms with E-state index >= 15 is 0 Å². The lowest BCUT2D eigenvalue weighted by Crippen LogP contribution is -2.49. The minimum atomic E-state index is -4.52. The van der Waals surface area contributed by atoms with Crippen LogP contribution in [0.2, 0.25) is 5.02 Å². The van der Waals surface area contributed by atoms with Crippen LogP contribution in [0.4, 0.5) is 18.0 Å². The number of aromatic nitrogens is 1. The Morgan fingerprint density at radius 2 is 2.00 bits per heavy atom. The van der Waals surface area contributed by atoms with Crippen LogP contribution in [-0.4, -0.2) is 52.1 Å². The lowest BCUT2D eigenvalue weighted by Gasteiger charge is -2.30. The van der Waals surface area contributed by atoms with Crippen LogP contribution in [0.15, 0.2) is 17.3 Å². The van der Waals surface area contributed by atoms with Gasteiger partial charge >= 0.3 is 12.2 Å². The van der Waals surface area contributed by atoms with Gasteiger partial charge in [-0.25, -0.2) is 9.78 Å². The number of nitrogens with zero attached hydrogens (tertiary/aromatic N) is 2. The Kier molecular flexibility index (Phi) is 6.81. The van der Waals surface area contributed by atoms with Crippen molar-refractivity contribution in [2.75, 3.05) is 18.8 Å². The van der Waals surface area contributed by atoms with E-state index in [1.807, 2.05) is 0 Å². The molecule has 2 N–H and O–H groups in total. The zero-order chi connectivity index (χ0) is 21.9. The second-order valence-electron chi connectivity index (χ2n) is 7.17. The number of alkyl halides is 3. The molecule has 3 rings (SSSR count). The lowest BCUT2D eigenvalue weighted by molar-refractivity contribution is -0.138. The number of pyridine rings is 1. The van der Waals surface area contributed by atoms with Crippen LogP contribution in [-0.2, 0) is 15.8 Å². The second-order valence-corrected chi connectivity index (χ2v) is 8.66. The number of carbonyl (C=O) groups is 3. The van der Waals surface area contributed by atoms with Crippen molar-refractivity contribution >= 4 is 41.2 Å². The number of thioether (sulfide) groups is 1. The molecule has 0 atom stereocenters. The highest BCUT2D eigenvalue weighted by atomic mass is 35.5. The predicted octanol–water partition coefficient (Wildman–Crippen LogP) is 3.22. The molecule has 4 amide bonds. The maximum atomic E-state index is 12.6. The Morgan fingerprint density at radius 1 is 1.30 bits per heavy atom. The molecule has 0 radical (unpaired) electrons. The van der Waals surface area contributed by atoms with Crippen LogP contribution < -0.4 is 10.6 Å². The molecule has 2 heterocycles. The highest BCUT2D eigenvalue weighted by Crippen LogP contribution is 2.34. The second kappa shape index (κ2) is 9.01. The Bertz CT molecular complexity index is 846. The Balaban J connectivity index is 1.45. The van der Waals surface area contributed by atoms with Gasteiger partial charge in [-0.05, 0) is 18.9 Å². The summed E-state index contributed by atoms with van der Waals surface area (Å²) < 4.78 is 37.9. The van der Waals surface area contributed by atoms with E-state index in [1.54, 1.807) is 0 Å². The van der Waals surface area contributed by atoms with Gasteiger partial charge in [0.1, 0.15) is 17.1 Å². The van der Waals surface area contributed by atoms with Crippen molar-refractivity contribution in [1.82, 2.24) is 20.5 Å². The molecular formula is C18H20ClF3N4O3S. The molecule has 30 heavy (non-hydrogen) atoms. The first-order chi connectivity index (χ1) is 14.1. The highest BCUT2D eigenvalue weighted by molar-refractivity contribution is 7.99. The van der Waals surface area contributed by atoms with Gasteiger partial charge in [-0.2, -0.15) is 13.2 Å². The number of hydrogen-bond donors (Lipinski definition) is 2. The third-order valence-electron chi connectivity index (χ3n) is 5.05. The van der Waals surface area contributed by atoms with Gasteiger partial charge in [-0.15, -0.1) is 11.8 Å². The maximum absolute atomic E-state index is 12.6. The quantitative estimate of drug-likeness (QED) is 0.383. The van der Waals surface area contributed by atoms with E-state index in [4.69, 9.17) is 11.6 Å². The smallest absolute Gasteiger partial charge is 0.354 e. The fraction of sp³-hybridized carbons (Fsp3) is 0.556. The molecule has 1 aromatic rings. The third-order valence-corrected chi connectivity index (χ3v) is 6.46. The summed E-state index contributed by atoms with van der Waals surface area (Å²) in [7, 11) is 0. The summed E-state index contributed by atoms with van der Waals surface area (Å²) in [5.74, 6) is -0.565. The normalized spacial score (nSPS) is 18.6. The van der Waals surface area contributed by atoms with E-state index in [2.05, 4.69) is 15.6 Å². The molecule has 2 fully saturated rings. The number of urea groups is 1. The predicted molar refractivity (Wildman–Crippen MR) is 104 cm³/mol. The third kappa shape index (κ3) is 5.00. The summed E-state index contributed by atoms with van der Waals surface area (Å²) >= 11 is 6.92. The van der Waals surface area contributed by atoms with Crippen molar-refractivity contribution in [3.8, 4) is 0 Å². The maximum Gasteiger partial charge on any atom is 0.417 e. The topological polar surface area (TPSA) is 91.4 Å². The van der Waals surface area contributed by atoms with Crippen LogP contribution >= 0.6 is 23.4 Å². The standard InChI is InChI=1S/C18H20ClF3N4O3S/c19-12-8-11(18(20,21)22)9-24-14(12)30-7-6-23-13(27)10-26-15(28)17(25-16(26)29)4-2-1-3-5-17/h8-9H,1-7,10H2,(H,23,27)(H,25,29). The zero-order valence-corrected chi connectivity index (χ0v) is 17.4. The number of carbonyl (C=O) groups excluding carboxylic acids is 3. The van der Waals surface area contributed by atoms with Gasteiger partial charge in [0.05, 0.1) is 10.6 Å². The summed E-state index contributed by atoms with van der Waals surface area (Å²) in [6.45, 7) is -0.215. The molecule has 1 saturated carbocycles. The van der Waals surface area contributed by atoms with Crippen LogP contribution in [0, 0.1) is 0 Å². The van der Waals surface area contributed by atoms with Crippen LogP contribution in [0.25, 0.3) is 0 Å². The van der Waals surface area contributed by atoms with E-state index in [0.717, 1.165) is 42.0 Å². The minimum absolute atomic E-state index is 0.127. The minimum Gasteiger partial charge on any atom is -0.354 e. The molecule has 1 saturated heterocycles. The number of hydrogen-bond acceptors (Lipinski definition) is 5. The lowest BCUT2D eigenvalue weighted by atomic mass is 9.82. The van der Waals surface area contributed by atoms with Crippen molar-refractivity contribution in [3.63, 3.8) is 0 Å². The molecule has 0 aromatic carbocycles. The molecular weight excluding hydrogens is 445 g/mol. The van der Waals surface area contributed by atoms with Gasteiger partial charge in [-0.1, -0.05) is 30.9 Å². The molecule has 1 aliphatic heterocycles. The summed E-state index contributed by atoms with van der Waals surface area (Å²) in [5.41, 5.74) is -1.81. The van der Waals surface area contributed by atoms with Crippen molar-refractivity contribution in [2.45, 2.75) is 48.8 Å². The van der Waals surface area contributed by atoms with Crippen LogP contribution in [0.3, 0.4) is 0 Å². The van der Waals surface area contributed by atoms with E-state index < -0.39 is 29.2 Å². The van der Waals surface area contributed by atoms with Gasteiger partial charge in [-0.3, -0.25) is 14.5 Å². The first-order valence-electron chi connectivity index (χ1n) is 9.39. The molecule has 12 heteroatoms. The van der Waals surface area contributed by atoms with Gasteiger partial charge in [0.25, 0.3) is 5.91 Å². The highest BCUT2D eigenvalue weighted by Gasteiger charge is 2.51. The average molecular weight is 465 g/mol. The SMILES string of the molecule is O=C(CN1C(=O)NC2(CCCCC2)C1=O)NCCSc1ncc(C(F)(F)F)cc1Cl. The van der Waals surface area contributed by atoms with Crippen molar-refractivity contribution in [3.05, 3.63) is 22.8 Å². The fourth-order valence-corrected chi connectivity index (χ4v) is 4.59. The monoisotopic (exact) mass is 464 g/mol. The number of nitrogens with one attached hydrogen (secondary N) is 2. The Labute approximate surface area is 180 Å². The number of amides is 4. The summed E-state index contributed by atoms with van der Waals surface area (Å²) in [6.07, 6.45) is 0.0454. The van der Waals surface area contributed by atoms with Gasteiger partial charge in [0.2, 0.25) is 5.91 Å². The van der Waals surface area contributed by atoms with Crippen molar-refractivity contribution < 1.29 is 27.6 Å². The van der Waals surface area contributed by atoms with Crippen LogP contribution in [0.5, 0.6) is 0 Å². The van der Waals surface area contributed by atoms with Crippen molar-refractivity contribution in [1.29, 1.82) is 0 Å². The van der Waals surface area contributed by atoms with Crippen molar-refractivity contribution in [2.24, 2.45) is 0 Å².